The van der Waals surface area contributed by atoms with E-state index in [0.29, 0.717) is 18.0 Å². The largest absolute Gasteiger partial charge is 0.468 e. The summed E-state index contributed by atoms with van der Waals surface area (Å²) in [5, 5.41) is 3.27. The number of nitrogens with zero attached hydrogens (tertiary/aromatic N) is 1. The average Bonchev–Trinajstić information content (AvgIpc) is 2.35. The predicted octanol–water partition coefficient (Wildman–Crippen LogP) is 2.67. The maximum absolute atomic E-state index is 12.0. The molecule has 0 aromatic heterocycles. The van der Waals surface area contributed by atoms with Crippen LogP contribution in [-0.2, 0) is 9.53 Å². The first-order valence-electron chi connectivity index (χ1n) is 7.73. The van der Waals surface area contributed by atoms with Crippen molar-refractivity contribution >= 4 is 5.97 Å². The van der Waals surface area contributed by atoms with Crippen LogP contribution in [0, 0.1) is 5.92 Å². The second kappa shape index (κ2) is 8.63. The lowest BCUT2D eigenvalue weighted by Crippen LogP contribution is -2.54. The van der Waals surface area contributed by atoms with Crippen molar-refractivity contribution in [1.82, 2.24) is 10.2 Å². The third-order valence-electron chi connectivity index (χ3n) is 4.11. The lowest BCUT2D eigenvalue weighted by Gasteiger charge is -2.37. The molecule has 1 N–H and O–H groups in total. The summed E-state index contributed by atoms with van der Waals surface area (Å²) in [6.07, 6.45) is 1.91. The summed E-state index contributed by atoms with van der Waals surface area (Å²) >= 11 is 0. The Morgan fingerprint density at radius 2 is 1.80 bits per heavy atom. The number of nitrogens with one attached hydrogen (secondary N) is 1. The van der Waals surface area contributed by atoms with Crippen molar-refractivity contribution in [3.8, 4) is 0 Å². The molecule has 0 spiro atoms. The minimum absolute atomic E-state index is 0.184. The molecule has 120 valence electrons. The number of carbonyl (C=O) groups excluding carboxylic acids is 1. The molecule has 0 radical (unpaired) electrons. The Labute approximate surface area is 125 Å². The summed E-state index contributed by atoms with van der Waals surface area (Å²) < 4.78 is 4.95. The van der Waals surface area contributed by atoms with E-state index in [-0.39, 0.29) is 5.97 Å². The van der Waals surface area contributed by atoms with Gasteiger partial charge in [-0.3, -0.25) is 4.79 Å². The third kappa shape index (κ3) is 5.80. The summed E-state index contributed by atoms with van der Waals surface area (Å²) in [6.45, 7) is 13.6. The van der Waals surface area contributed by atoms with Gasteiger partial charge in [0, 0.05) is 12.1 Å². The quantitative estimate of drug-likeness (QED) is 0.662. The van der Waals surface area contributed by atoms with E-state index in [1.807, 2.05) is 13.8 Å². The minimum atomic E-state index is -0.616. The zero-order valence-corrected chi connectivity index (χ0v) is 14.6. The first-order valence-corrected chi connectivity index (χ1v) is 7.73. The van der Waals surface area contributed by atoms with E-state index < -0.39 is 5.54 Å². The van der Waals surface area contributed by atoms with Gasteiger partial charge in [-0.2, -0.15) is 0 Å². The molecule has 0 aliphatic rings. The van der Waals surface area contributed by atoms with Crippen LogP contribution in [0.1, 0.15) is 54.4 Å². The topological polar surface area (TPSA) is 41.6 Å². The van der Waals surface area contributed by atoms with Crippen LogP contribution >= 0.6 is 0 Å². The molecule has 0 saturated carbocycles. The fraction of sp³-hybridized carbons (Fsp3) is 0.938. The molecular weight excluding hydrogens is 252 g/mol. The second-order valence-electron chi connectivity index (χ2n) is 6.55. The van der Waals surface area contributed by atoms with Crippen molar-refractivity contribution in [1.29, 1.82) is 0 Å². The van der Waals surface area contributed by atoms with Gasteiger partial charge in [0.1, 0.15) is 5.54 Å². The van der Waals surface area contributed by atoms with Crippen LogP contribution in [0.25, 0.3) is 0 Å². The molecule has 4 heteroatoms. The highest BCUT2D eigenvalue weighted by Crippen LogP contribution is 2.20. The van der Waals surface area contributed by atoms with Crippen LogP contribution in [0.2, 0.25) is 0 Å². The molecule has 0 bridgehead atoms. The standard InChI is InChI=1S/C16H34N2O2/c1-9-17-16(6,15(19)20-8)11-14(5)18(7)13(4)10-12(2)3/h12-14,17H,9-11H2,1-8H3. The van der Waals surface area contributed by atoms with Gasteiger partial charge >= 0.3 is 5.97 Å². The molecule has 0 amide bonds. The minimum Gasteiger partial charge on any atom is -0.468 e. The molecule has 20 heavy (non-hydrogen) atoms. The summed E-state index contributed by atoms with van der Waals surface area (Å²) in [5.74, 6) is 0.497. The Bertz CT molecular complexity index is 294. The third-order valence-corrected chi connectivity index (χ3v) is 4.11. The fourth-order valence-corrected chi connectivity index (χ4v) is 2.86. The van der Waals surface area contributed by atoms with Crippen LogP contribution in [0.3, 0.4) is 0 Å². The number of likely N-dealkylation sites (N-methyl/N-ethyl adjacent to an activating group) is 1. The number of hydrogen-bond acceptors (Lipinski definition) is 4. The normalized spacial score (nSPS) is 17.9. The van der Waals surface area contributed by atoms with E-state index in [9.17, 15) is 4.79 Å². The van der Waals surface area contributed by atoms with Gasteiger partial charge in [-0.25, -0.2) is 0 Å². The van der Waals surface area contributed by atoms with Crippen LogP contribution in [-0.4, -0.2) is 49.2 Å². The van der Waals surface area contributed by atoms with Gasteiger partial charge in [0.15, 0.2) is 0 Å². The number of hydrogen-bond donors (Lipinski definition) is 1. The first-order chi connectivity index (χ1) is 9.17. The molecule has 0 aliphatic heterocycles. The first kappa shape index (κ1) is 19.4. The average molecular weight is 286 g/mol. The number of methoxy groups -OCH3 is 1. The number of carbonyl (C=O) groups is 1. The van der Waals surface area contributed by atoms with E-state index >= 15 is 0 Å². The van der Waals surface area contributed by atoms with Gasteiger partial charge < -0.3 is 15.0 Å². The SMILES string of the molecule is CCNC(C)(CC(C)N(C)C(C)CC(C)C)C(=O)OC. The lowest BCUT2D eigenvalue weighted by molar-refractivity contribution is -0.148. The molecule has 0 aliphatic carbocycles. The Hall–Kier alpha value is -0.610. The molecular formula is C16H34N2O2. The van der Waals surface area contributed by atoms with Crippen molar-refractivity contribution in [2.24, 2.45) is 5.92 Å². The highest BCUT2D eigenvalue weighted by Gasteiger charge is 2.36. The van der Waals surface area contributed by atoms with Gasteiger partial charge in [-0.05, 0) is 53.1 Å². The van der Waals surface area contributed by atoms with Crippen molar-refractivity contribution in [2.45, 2.75) is 72.0 Å². The Morgan fingerprint density at radius 3 is 2.20 bits per heavy atom. The van der Waals surface area contributed by atoms with Crippen molar-refractivity contribution in [3.05, 3.63) is 0 Å². The maximum Gasteiger partial charge on any atom is 0.325 e. The van der Waals surface area contributed by atoms with Crippen LogP contribution in [0.4, 0.5) is 0 Å². The fourth-order valence-electron chi connectivity index (χ4n) is 2.86. The van der Waals surface area contributed by atoms with Gasteiger partial charge in [0.25, 0.3) is 0 Å². The molecule has 0 aromatic rings. The molecule has 0 rings (SSSR count). The van der Waals surface area contributed by atoms with E-state index in [2.05, 4.69) is 45.0 Å². The van der Waals surface area contributed by atoms with E-state index in [1.165, 1.54) is 7.11 Å². The number of ether oxygens (including phenoxy) is 1. The van der Waals surface area contributed by atoms with E-state index in [1.54, 1.807) is 0 Å². The zero-order valence-electron chi connectivity index (χ0n) is 14.6. The highest BCUT2D eigenvalue weighted by molar-refractivity contribution is 5.80. The number of esters is 1. The molecule has 4 nitrogen and oxygen atoms in total. The molecule has 0 aromatic carbocycles. The summed E-state index contributed by atoms with van der Waals surface area (Å²) in [5.41, 5.74) is -0.616. The number of rotatable bonds is 9. The molecule has 3 unspecified atom stereocenters. The maximum atomic E-state index is 12.0. The van der Waals surface area contributed by atoms with Crippen molar-refractivity contribution in [3.63, 3.8) is 0 Å². The highest BCUT2D eigenvalue weighted by atomic mass is 16.5. The smallest absolute Gasteiger partial charge is 0.325 e. The lowest BCUT2D eigenvalue weighted by atomic mass is 9.91. The molecule has 0 heterocycles. The zero-order chi connectivity index (χ0) is 15.9. The summed E-state index contributed by atoms with van der Waals surface area (Å²) in [7, 11) is 3.59. The van der Waals surface area contributed by atoms with Crippen molar-refractivity contribution in [2.75, 3.05) is 20.7 Å². The molecule has 0 fully saturated rings. The molecule has 0 saturated heterocycles. The summed E-state index contributed by atoms with van der Waals surface area (Å²) in [6, 6.07) is 0.820. The van der Waals surface area contributed by atoms with Crippen LogP contribution < -0.4 is 5.32 Å². The van der Waals surface area contributed by atoms with Crippen molar-refractivity contribution < 1.29 is 9.53 Å². The van der Waals surface area contributed by atoms with Gasteiger partial charge in [0.2, 0.25) is 0 Å². The van der Waals surface area contributed by atoms with Gasteiger partial charge in [-0.1, -0.05) is 20.8 Å². The van der Waals surface area contributed by atoms with Crippen LogP contribution in [0.5, 0.6) is 0 Å². The Kier molecular flexibility index (Phi) is 8.36. The monoisotopic (exact) mass is 286 g/mol. The Morgan fingerprint density at radius 1 is 1.25 bits per heavy atom. The Balaban J connectivity index is 4.74. The van der Waals surface area contributed by atoms with Gasteiger partial charge in [0.05, 0.1) is 7.11 Å². The van der Waals surface area contributed by atoms with E-state index in [4.69, 9.17) is 4.74 Å². The second-order valence-corrected chi connectivity index (χ2v) is 6.55. The van der Waals surface area contributed by atoms with Crippen LogP contribution in [0.15, 0.2) is 0 Å². The van der Waals surface area contributed by atoms with E-state index in [0.717, 1.165) is 19.4 Å². The predicted molar refractivity (Wildman–Crippen MR) is 84.9 cm³/mol. The van der Waals surface area contributed by atoms with Gasteiger partial charge in [-0.15, -0.1) is 0 Å². The summed E-state index contributed by atoms with van der Waals surface area (Å²) in [4.78, 5) is 14.4. The molecule has 3 atom stereocenters.